The Morgan fingerprint density at radius 3 is 2.56 bits per heavy atom. The van der Waals surface area contributed by atoms with Gasteiger partial charge in [-0.1, -0.05) is 31.5 Å². The van der Waals surface area contributed by atoms with Crippen LogP contribution >= 0.6 is 0 Å². The summed E-state index contributed by atoms with van der Waals surface area (Å²) in [6.45, 7) is 3.80. The number of amides is 1. The zero-order chi connectivity index (χ0) is 18.2. The molecule has 0 aliphatic heterocycles. The molecule has 0 aliphatic rings. The first-order chi connectivity index (χ1) is 12.1. The molecule has 132 valence electrons. The van der Waals surface area contributed by atoms with Crippen LogP contribution in [0.15, 0.2) is 41.2 Å². The first-order valence-electron chi connectivity index (χ1n) is 8.23. The van der Waals surface area contributed by atoms with Crippen LogP contribution in [0.4, 0.5) is 5.69 Å². The smallest absolute Gasteiger partial charge is 0.360 e. The molecular formula is C18H21N3O4. The maximum Gasteiger partial charge on any atom is 0.360 e. The molecular weight excluding hydrogens is 322 g/mol. The van der Waals surface area contributed by atoms with E-state index >= 15 is 0 Å². The highest BCUT2D eigenvalue weighted by Crippen LogP contribution is 2.14. The number of para-hydroxylation sites is 1. The summed E-state index contributed by atoms with van der Waals surface area (Å²) < 4.78 is 6.10. The van der Waals surface area contributed by atoms with E-state index in [1.165, 1.54) is 6.07 Å². The molecule has 1 heterocycles. The van der Waals surface area contributed by atoms with Gasteiger partial charge in [0.15, 0.2) is 5.69 Å². The summed E-state index contributed by atoms with van der Waals surface area (Å²) in [5.41, 5.74) is 0.0267. The van der Waals surface area contributed by atoms with E-state index in [0.717, 1.165) is 17.5 Å². The van der Waals surface area contributed by atoms with Crippen molar-refractivity contribution in [3.63, 3.8) is 0 Å². The number of carbonyl (C=O) groups is 2. The van der Waals surface area contributed by atoms with Crippen LogP contribution in [0.25, 0.3) is 5.69 Å². The number of aromatic nitrogens is 2. The molecule has 0 fully saturated rings. The topological polar surface area (TPSA) is 90.3 Å². The Balaban J connectivity index is 2.44. The van der Waals surface area contributed by atoms with E-state index < -0.39 is 11.5 Å². The Bertz CT molecular complexity index is 800. The molecule has 0 radical (unpaired) electrons. The number of carbonyl (C=O) groups excluding carboxylic acids is 2. The average molecular weight is 343 g/mol. The number of hydrogen-bond donors (Lipinski definition) is 1. The van der Waals surface area contributed by atoms with Gasteiger partial charge in [-0.25, -0.2) is 4.79 Å². The van der Waals surface area contributed by atoms with E-state index in [1.807, 2.05) is 13.0 Å². The molecule has 0 saturated heterocycles. The second-order valence-electron chi connectivity index (χ2n) is 5.36. The Kier molecular flexibility index (Phi) is 6.45. The van der Waals surface area contributed by atoms with Crippen LogP contribution in [-0.4, -0.2) is 28.3 Å². The van der Waals surface area contributed by atoms with Crippen LogP contribution in [0, 0.1) is 0 Å². The molecule has 0 aliphatic carbocycles. The molecule has 25 heavy (non-hydrogen) atoms. The van der Waals surface area contributed by atoms with Gasteiger partial charge in [-0.15, -0.1) is 0 Å². The molecule has 7 nitrogen and oxygen atoms in total. The SMILES string of the molecule is CCCCC(=O)Nc1cc(=O)n(-c2ccccc2)nc1C(=O)OCC. The number of unbranched alkanes of at least 4 members (excludes halogenated alkanes) is 1. The van der Waals surface area contributed by atoms with Crippen molar-refractivity contribution in [2.45, 2.75) is 33.1 Å². The highest BCUT2D eigenvalue weighted by atomic mass is 16.5. The van der Waals surface area contributed by atoms with Gasteiger partial charge in [0, 0.05) is 12.5 Å². The molecule has 2 rings (SSSR count). The predicted molar refractivity (Wildman–Crippen MR) is 93.9 cm³/mol. The minimum Gasteiger partial charge on any atom is -0.461 e. The van der Waals surface area contributed by atoms with Gasteiger partial charge in [0.2, 0.25) is 5.91 Å². The summed E-state index contributed by atoms with van der Waals surface area (Å²) in [4.78, 5) is 36.5. The minimum absolute atomic E-state index is 0.0664. The quantitative estimate of drug-likeness (QED) is 0.780. The monoisotopic (exact) mass is 343 g/mol. The maximum atomic E-state index is 12.4. The van der Waals surface area contributed by atoms with Gasteiger partial charge in [-0.3, -0.25) is 9.59 Å². The first-order valence-corrected chi connectivity index (χ1v) is 8.23. The van der Waals surface area contributed by atoms with Crippen molar-refractivity contribution in [1.29, 1.82) is 0 Å². The van der Waals surface area contributed by atoms with Gasteiger partial charge < -0.3 is 10.1 Å². The van der Waals surface area contributed by atoms with Gasteiger partial charge in [0.05, 0.1) is 18.0 Å². The Hall–Kier alpha value is -2.96. The molecule has 0 atom stereocenters. The van der Waals surface area contributed by atoms with Crippen LogP contribution in [0.5, 0.6) is 0 Å². The molecule has 1 amide bonds. The number of anilines is 1. The number of rotatable bonds is 7. The normalized spacial score (nSPS) is 10.3. The van der Waals surface area contributed by atoms with Gasteiger partial charge in [0.25, 0.3) is 5.56 Å². The van der Waals surface area contributed by atoms with Gasteiger partial charge in [-0.2, -0.15) is 9.78 Å². The molecule has 1 N–H and O–H groups in total. The molecule has 0 unspecified atom stereocenters. The van der Waals surface area contributed by atoms with E-state index in [0.29, 0.717) is 12.1 Å². The fourth-order valence-corrected chi connectivity index (χ4v) is 2.21. The number of ether oxygens (including phenoxy) is 1. The molecule has 1 aromatic carbocycles. The highest BCUT2D eigenvalue weighted by molar-refractivity contribution is 5.99. The lowest BCUT2D eigenvalue weighted by atomic mass is 10.2. The number of nitrogens with zero attached hydrogens (tertiary/aromatic N) is 2. The lowest BCUT2D eigenvalue weighted by molar-refractivity contribution is -0.116. The highest BCUT2D eigenvalue weighted by Gasteiger charge is 2.19. The summed E-state index contributed by atoms with van der Waals surface area (Å²) in [6, 6.07) is 9.91. The number of benzene rings is 1. The second kappa shape index (κ2) is 8.77. The molecule has 7 heteroatoms. The third-order valence-electron chi connectivity index (χ3n) is 3.43. The summed E-state index contributed by atoms with van der Waals surface area (Å²) in [6.07, 6.45) is 1.89. The number of hydrogen-bond acceptors (Lipinski definition) is 5. The van der Waals surface area contributed by atoms with Crippen molar-refractivity contribution in [3.05, 3.63) is 52.4 Å². The third-order valence-corrected chi connectivity index (χ3v) is 3.43. The molecule has 0 saturated carbocycles. The van der Waals surface area contributed by atoms with Crippen molar-refractivity contribution in [2.75, 3.05) is 11.9 Å². The van der Waals surface area contributed by atoms with E-state index in [-0.39, 0.29) is 23.9 Å². The van der Waals surface area contributed by atoms with E-state index in [1.54, 1.807) is 31.2 Å². The molecule has 1 aromatic heterocycles. The second-order valence-corrected chi connectivity index (χ2v) is 5.36. The third kappa shape index (κ3) is 4.76. The molecule has 2 aromatic rings. The lowest BCUT2D eigenvalue weighted by Gasteiger charge is -2.12. The Labute approximate surface area is 145 Å². The zero-order valence-electron chi connectivity index (χ0n) is 14.3. The number of nitrogens with one attached hydrogen (secondary N) is 1. The van der Waals surface area contributed by atoms with Crippen molar-refractivity contribution >= 4 is 17.6 Å². The van der Waals surface area contributed by atoms with Crippen LogP contribution in [-0.2, 0) is 9.53 Å². The fourth-order valence-electron chi connectivity index (χ4n) is 2.21. The van der Waals surface area contributed by atoms with Crippen molar-refractivity contribution in [3.8, 4) is 5.69 Å². The van der Waals surface area contributed by atoms with Gasteiger partial charge >= 0.3 is 5.97 Å². The maximum absolute atomic E-state index is 12.4. The Morgan fingerprint density at radius 2 is 1.92 bits per heavy atom. The van der Waals surface area contributed by atoms with Crippen molar-refractivity contribution in [2.24, 2.45) is 0 Å². The van der Waals surface area contributed by atoms with Crippen molar-refractivity contribution < 1.29 is 14.3 Å². The zero-order valence-corrected chi connectivity index (χ0v) is 14.3. The van der Waals surface area contributed by atoms with Crippen LogP contribution in [0.2, 0.25) is 0 Å². The first kappa shape index (κ1) is 18.4. The molecule has 0 spiro atoms. The van der Waals surface area contributed by atoms with Gasteiger partial charge in [0.1, 0.15) is 0 Å². The largest absolute Gasteiger partial charge is 0.461 e. The average Bonchev–Trinajstić information content (AvgIpc) is 2.61. The summed E-state index contributed by atoms with van der Waals surface area (Å²) in [7, 11) is 0. The molecule has 0 bridgehead atoms. The van der Waals surface area contributed by atoms with Crippen LogP contribution in [0.1, 0.15) is 43.6 Å². The van der Waals surface area contributed by atoms with Crippen molar-refractivity contribution in [1.82, 2.24) is 9.78 Å². The minimum atomic E-state index is -0.696. The van der Waals surface area contributed by atoms with Crippen LogP contribution in [0.3, 0.4) is 0 Å². The Morgan fingerprint density at radius 1 is 1.20 bits per heavy atom. The van der Waals surface area contributed by atoms with E-state index in [2.05, 4.69) is 10.4 Å². The van der Waals surface area contributed by atoms with E-state index in [9.17, 15) is 14.4 Å². The summed E-state index contributed by atoms with van der Waals surface area (Å²) in [5, 5.41) is 6.70. The summed E-state index contributed by atoms with van der Waals surface area (Å²) in [5.74, 6) is -0.968. The predicted octanol–water partition coefficient (Wildman–Crippen LogP) is 2.54. The number of esters is 1. The van der Waals surface area contributed by atoms with E-state index in [4.69, 9.17) is 4.74 Å². The summed E-state index contributed by atoms with van der Waals surface area (Å²) >= 11 is 0. The van der Waals surface area contributed by atoms with Gasteiger partial charge in [-0.05, 0) is 25.5 Å². The van der Waals surface area contributed by atoms with Crippen LogP contribution < -0.4 is 10.9 Å². The standard InChI is InChI=1S/C18H21N3O4/c1-3-5-11-15(22)19-14-12-16(23)21(13-9-7-6-8-10-13)20-17(14)18(24)25-4-2/h6-10,12H,3-5,11H2,1-2H3,(H,19,22). The fraction of sp³-hybridized carbons (Fsp3) is 0.333. The lowest BCUT2D eigenvalue weighted by Crippen LogP contribution is -2.27.